The molecular weight excluding hydrogens is 298 g/mol. The minimum Gasteiger partial charge on any atom is -0.377 e. The number of nitrogens with one attached hydrogen (secondary N) is 2. The van der Waals surface area contributed by atoms with Crippen LogP contribution in [0.5, 0.6) is 0 Å². The van der Waals surface area contributed by atoms with Crippen molar-refractivity contribution in [1.82, 2.24) is 4.98 Å². The fourth-order valence-electron chi connectivity index (χ4n) is 3.22. The van der Waals surface area contributed by atoms with Crippen molar-refractivity contribution in [3.8, 4) is 0 Å². The van der Waals surface area contributed by atoms with Crippen molar-refractivity contribution < 1.29 is 4.79 Å². The van der Waals surface area contributed by atoms with E-state index in [1.807, 2.05) is 30.3 Å². The van der Waals surface area contributed by atoms with Gasteiger partial charge in [0.25, 0.3) is 0 Å². The second-order valence-electron chi connectivity index (χ2n) is 6.53. The number of carbonyl (C=O) groups is 1. The van der Waals surface area contributed by atoms with Crippen molar-refractivity contribution in [3.63, 3.8) is 0 Å². The molecule has 126 valence electrons. The maximum absolute atomic E-state index is 12.2. The van der Waals surface area contributed by atoms with Gasteiger partial charge in [0.2, 0.25) is 5.91 Å². The van der Waals surface area contributed by atoms with Crippen molar-refractivity contribution in [2.45, 2.75) is 45.1 Å². The minimum absolute atomic E-state index is 0.112. The van der Waals surface area contributed by atoms with E-state index in [9.17, 15) is 4.79 Å². The maximum atomic E-state index is 12.2. The summed E-state index contributed by atoms with van der Waals surface area (Å²) in [6.45, 7) is 2.12. The molecule has 0 radical (unpaired) electrons. The molecule has 2 aromatic rings. The summed E-state index contributed by atoms with van der Waals surface area (Å²) >= 11 is 0. The molecular formula is C20H25N3O. The van der Waals surface area contributed by atoms with Crippen LogP contribution in [0.25, 0.3) is 0 Å². The number of hydrogen-bond donors (Lipinski definition) is 2. The lowest BCUT2D eigenvalue weighted by atomic mass is 9.89. The number of nitrogens with zero attached hydrogens (tertiary/aromatic N) is 1. The highest BCUT2D eigenvalue weighted by Crippen LogP contribution is 2.25. The quantitative estimate of drug-likeness (QED) is 0.833. The van der Waals surface area contributed by atoms with Crippen molar-refractivity contribution in [3.05, 3.63) is 54.2 Å². The van der Waals surface area contributed by atoms with Crippen LogP contribution in [0.2, 0.25) is 0 Å². The molecule has 2 N–H and O–H groups in total. The summed E-state index contributed by atoms with van der Waals surface area (Å²) in [5.74, 6) is 0.889. The molecule has 1 heterocycles. The smallest absolute Gasteiger partial charge is 0.228 e. The number of rotatable bonds is 5. The van der Waals surface area contributed by atoms with Gasteiger partial charge in [-0.05, 0) is 37.5 Å². The maximum Gasteiger partial charge on any atom is 0.228 e. The second-order valence-corrected chi connectivity index (χ2v) is 6.53. The monoisotopic (exact) mass is 323 g/mol. The predicted octanol–water partition coefficient (Wildman–Crippen LogP) is 4.77. The van der Waals surface area contributed by atoms with E-state index in [2.05, 4.69) is 34.7 Å². The normalized spacial score (nSPS) is 16.4. The Bertz CT molecular complexity index is 648. The molecule has 4 nitrogen and oxygen atoms in total. The number of aromatic nitrogens is 1. The van der Waals surface area contributed by atoms with Gasteiger partial charge < -0.3 is 10.6 Å². The number of pyridine rings is 1. The van der Waals surface area contributed by atoms with Gasteiger partial charge in [0, 0.05) is 12.0 Å². The minimum atomic E-state index is 0.112. The summed E-state index contributed by atoms with van der Waals surface area (Å²) in [7, 11) is 0. The second kappa shape index (κ2) is 7.95. The molecule has 1 aliphatic rings. The topological polar surface area (TPSA) is 54.0 Å². The van der Waals surface area contributed by atoms with Crippen LogP contribution in [0.3, 0.4) is 0 Å². The molecule has 4 heteroatoms. The average molecular weight is 323 g/mol. The standard InChI is InChI=1S/C20H25N3O/c1-15(16-8-4-2-5-9-16)22-18-12-13-19(21-14-18)23-20(24)17-10-6-3-7-11-17/h2,4-5,8-9,12-15,17,22H,3,6-7,10-11H2,1H3,(H,21,23,24). The third kappa shape index (κ3) is 4.34. The van der Waals surface area contributed by atoms with Gasteiger partial charge in [0.1, 0.15) is 5.82 Å². The Balaban J connectivity index is 1.56. The molecule has 1 aromatic heterocycles. The van der Waals surface area contributed by atoms with E-state index in [0.717, 1.165) is 31.4 Å². The first kappa shape index (κ1) is 16.5. The zero-order chi connectivity index (χ0) is 16.8. The summed E-state index contributed by atoms with van der Waals surface area (Å²) < 4.78 is 0. The highest BCUT2D eigenvalue weighted by molar-refractivity contribution is 5.91. The first-order chi connectivity index (χ1) is 11.7. The molecule has 0 spiro atoms. The Morgan fingerprint density at radius 3 is 2.50 bits per heavy atom. The fourth-order valence-corrected chi connectivity index (χ4v) is 3.22. The molecule has 3 rings (SSSR count). The summed E-state index contributed by atoms with van der Waals surface area (Å²) in [6, 6.07) is 14.3. The lowest BCUT2D eigenvalue weighted by Gasteiger charge is -2.20. The van der Waals surface area contributed by atoms with Gasteiger partial charge in [-0.2, -0.15) is 0 Å². The fraction of sp³-hybridized carbons (Fsp3) is 0.400. The Kier molecular flexibility index (Phi) is 5.47. The van der Waals surface area contributed by atoms with E-state index in [4.69, 9.17) is 0 Å². The molecule has 1 amide bonds. The van der Waals surface area contributed by atoms with E-state index < -0.39 is 0 Å². The number of hydrogen-bond acceptors (Lipinski definition) is 3. The van der Waals surface area contributed by atoms with Crippen LogP contribution < -0.4 is 10.6 Å². The third-order valence-corrected chi connectivity index (χ3v) is 4.67. The van der Waals surface area contributed by atoms with E-state index >= 15 is 0 Å². The third-order valence-electron chi connectivity index (χ3n) is 4.67. The molecule has 1 unspecified atom stereocenters. The zero-order valence-electron chi connectivity index (χ0n) is 14.2. The summed E-state index contributed by atoms with van der Waals surface area (Å²) in [5, 5.41) is 6.37. The van der Waals surface area contributed by atoms with Gasteiger partial charge in [-0.3, -0.25) is 4.79 Å². The lowest BCUT2D eigenvalue weighted by Crippen LogP contribution is -2.25. The molecule has 0 bridgehead atoms. The Labute approximate surface area is 143 Å². The van der Waals surface area contributed by atoms with Crippen molar-refractivity contribution in [2.75, 3.05) is 10.6 Å². The van der Waals surface area contributed by atoms with Crippen LogP contribution in [0.1, 0.15) is 50.6 Å². The Hall–Kier alpha value is -2.36. The van der Waals surface area contributed by atoms with Gasteiger partial charge in [-0.1, -0.05) is 49.6 Å². The molecule has 0 saturated heterocycles. The van der Waals surface area contributed by atoms with E-state index in [0.29, 0.717) is 5.82 Å². The number of benzene rings is 1. The summed E-state index contributed by atoms with van der Waals surface area (Å²) in [5.41, 5.74) is 2.18. The highest BCUT2D eigenvalue weighted by Gasteiger charge is 2.21. The number of amides is 1. The van der Waals surface area contributed by atoms with Crippen LogP contribution in [0.15, 0.2) is 48.7 Å². The molecule has 1 aromatic carbocycles. The van der Waals surface area contributed by atoms with Gasteiger partial charge in [0.15, 0.2) is 0 Å². The summed E-state index contributed by atoms with van der Waals surface area (Å²) in [6.07, 6.45) is 7.34. The van der Waals surface area contributed by atoms with Gasteiger partial charge in [-0.25, -0.2) is 4.98 Å². The van der Waals surface area contributed by atoms with Gasteiger partial charge in [-0.15, -0.1) is 0 Å². The first-order valence-corrected chi connectivity index (χ1v) is 8.81. The molecule has 1 atom stereocenters. The summed E-state index contributed by atoms with van der Waals surface area (Å²) in [4.78, 5) is 16.6. The Morgan fingerprint density at radius 2 is 1.83 bits per heavy atom. The van der Waals surface area contributed by atoms with Crippen LogP contribution in [0, 0.1) is 5.92 Å². The molecule has 1 aliphatic carbocycles. The lowest BCUT2D eigenvalue weighted by molar-refractivity contribution is -0.120. The average Bonchev–Trinajstić information content (AvgIpc) is 2.65. The number of carbonyl (C=O) groups excluding carboxylic acids is 1. The largest absolute Gasteiger partial charge is 0.377 e. The van der Waals surface area contributed by atoms with Crippen molar-refractivity contribution >= 4 is 17.4 Å². The molecule has 1 saturated carbocycles. The van der Waals surface area contributed by atoms with Gasteiger partial charge in [0.05, 0.1) is 11.9 Å². The van der Waals surface area contributed by atoms with Crippen molar-refractivity contribution in [2.24, 2.45) is 5.92 Å². The van der Waals surface area contributed by atoms with Crippen LogP contribution >= 0.6 is 0 Å². The van der Waals surface area contributed by atoms with Gasteiger partial charge >= 0.3 is 0 Å². The predicted molar refractivity (Wildman–Crippen MR) is 97.9 cm³/mol. The molecule has 24 heavy (non-hydrogen) atoms. The number of anilines is 2. The van der Waals surface area contributed by atoms with E-state index in [1.165, 1.54) is 12.0 Å². The SMILES string of the molecule is CC(Nc1ccc(NC(=O)C2CCCCC2)nc1)c1ccccc1. The van der Waals surface area contributed by atoms with Crippen molar-refractivity contribution in [1.29, 1.82) is 0 Å². The first-order valence-electron chi connectivity index (χ1n) is 8.81. The van der Waals surface area contributed by atoms with Crippen LogP contribution in [-0.2, 0) is 4.79 Å². The highest BCUT2D eigenvalue weighted by atomic mass is 16.1. The van der Waals surface area contributed by atoms with E-state index in [-0.39, 0.29) is 17.9 Å². The molecule has 0 aliphatic heterocycles. The Morgan fingerprint density at radius 1 is 1.08 bits per heavy atom. The zero-order valence-corrected chi connectivity index (χ0v) is 14.2. The van der Waals surface area contributed by atoms with Crippen LogP contribution in [0.4, 0.5) is 11.5 Å². The van der Waals surface area contributed by atoms with E-state index in [1.54, 1.807) is 6.20 Å². The molecule has 1 fully saturated rings. The van der Waals surface area contributed by atoms with Crippen LogP contribution in [-0.4, -0.2) is 10.9 Å².